The lowest BCUT2D eigenvalue weighted by Gasteiger charge is -2.16. The molecule has 3 aromatic rings. The molecule has 1 aliphatic heterocycles. The van der Waals surface area contributed by atoms with Crippen molar-refractivity contribution >= 4 is 16.9 Å². The highest BCUT2D eigenvalue weighted by atomic mass is 15.3. The van der Waals surface area contributed by atoms with Gasteiger partial charge in [-0.15, -0.1) is 0 Å². The molecule has 1 aliphatic rings. The smallest absolute Gasteiger partial charge is 0.157 e. The molecule has 1 saturated heterocycles. The molecule has 1 unspecified atom stereocenters. The molecule has 3 aromatic heterocycles. The molecule has 0 bridgehead atoms. The van der Waals surface area contributed by atoms with Crippen molar-refractivity contribution in [2.24, 2.45) is 13.0 Å². The Hall–Kier alpha value is -2.47. The second-order valence-electron chi connectivity index (χ2n) is 7.36. The fourth-order valence-corrected chi connectivity index (χ4v) is 3.81. The third-order valence-corrected chi connectivity index (χ3v) is 5.16. The Labute approximate surface area is 154 Å². The fourth-order valence-electron chi connectivity index (χ4n) is 3.81. The minimum Gasteiger partial charge on any atom is -0.370 e. The van der Waals surface area contributed by atoms with Crippen LogP contribution in [0.5, 0.6) is 0 Å². The lowest BCUT2D eigenvalue weighted by atomic mass is 10.1. The van der Waals surface area contributed by atoms with Crippen LogP contribution < -0.4 is 5.32 Å². The summed E-state index contributed by atoms with van der Waals surface area (Å²) in [5.41, 5.74) is 4.32. The maximum absolute atomic E-state index is 4.60. The summed E-state index contributed by atoms with van der Waals surface area (Å²) in [5, 5.41) is 9.11. The number of hydrogen-bond acceptors (Lipinski definition) is 5. The van der Waals surface area contributed by atoms with E-state index >= 15 is 0 Å². The summed E-state index contributed by atoms with van der Waals surface area (Å²) in [4.78, 5) is 11.6. The maximum atomic E-state index is 4.60. The van der Waals surface area contributed by atoms with Crippen LogP contribution in [0.25, 0.3) is 11.0 Å². The molecule has 0 aliphatic carbocycles. The number of hydrogen-bond donors (Lipinski definition) is 1. The van der Waals surface area contributed by atoms with Gasteiger partial charge in [-0.2, -0.15) is 5.10 Å². The zero-order chi connectivity index (χ0) is 18.1. The van der Waals surface area contributed by atoms with Gasteiger partial charge < -0.3 is 5.32 Å². The number of fused-ring (bicyclic) bond motifs is 1. The Bertz CT molecular complexity index is 916. The molecule has 4 rings (SSSR count). The summed E-state index contributed by atoms with van der Waals surface area (Å²) in [6, 6.07) is 8.36. The second kappa shape index (κ2) is 7.03. The number of likely N-dealkylation sites (tertiary alicyclic amines) is 1. The predicted molar refractivity (Wildman–Crippen MR) is 104 cm³/mol. The molecule has 1 fully saturated rings. The number of anilines is 1. The third kappa shape index (κ3) is 3.55. The second-order valence-corrected chi connectivity index (χ2v) is 7.36. The molecule has 4 heterocycles. The van der Waals surface area contributed by atoms with Gasteiger partial charge >= 0.3 is 0 Å². The van der Waals surface area contributed by atoms with Gasteiger partial charge in [0.15, 0.2) is 5.65 Å². The molecule has 0 radical (unpaired) electrons. The number of rotatable bonds is 5. The molecule has 1 N–H and O–H groups in total. The van der Waals surface area contributed by atoms with Gasteiger partial charge in [-0.1, -0.05) is 6.07 Å². The first-order chi connectivity index (χ1) is 12.6. The first kappa shape index (κ1) is 17.0. The maximum Gasteiger partial charge on any atom is 0.157 e. The monoisotopic (exact) mass is 350 g/mol. The molecule has 0 aromatic carbocycles. The summed E-state index contributed by atoms with van der Waals surface area (Å²) >= 11 is 0. The van der Waals surface area contributed by atoms with Crippen LogP contribution in [0, 0.1) is 19.8 Å². The lowest BCUT2D eigenvalue weighted by Crippen LogP contribution is -2.23. The van der Waals surface area contributed by atoms with Crippen LogP contribution in [0.1, 0.15) is 23.4 Å². The number of nitrogens with one attached hydrogen (secondary N) is 1. The van der Waals surface area contributed by atoms with Gasteiger partial charge in [-0.05, 0) is 56.5 Å². The van der Waals surface area contributed by atoms with Gasteiger partial charge in [0.2, 0.25) is 0 Å². The van der Waals surface area contributed by atoms with E-state index in [4.69, 9.17) is 0 Å². The summed E-state index contributed by atoms with van der Waals surface area (Å²) in [5.74, 6) is 1.64. The van der Waals surface area contributed by atoms with Crippen molar-refractivity contribution in [3.63, 3.8) is 0 Å². The highest BCUT2D eigenvalue weighted by molar-refractivity contribution is 5.78. The molecule has 0 saturated carbocycles. The van der Waals surface area contributed by atoms with E-state index in [0.717, 1.165) is 54.4 Å². The summed E-state index contributed by atoms with van der Waals surface area (Å²) in [7, 11) is 1.95. The van der Waals surface area contributed by atoms with E-state index in [-0.39, 0.29) is 0 Å². The summed E-state index contributed by atoms with van der Waals surface area (Å²) in [6.45, 7) is 8.25. The van der Waals surface area contributed by atoms with Gasteiger partial charge in [-0.25, -0.2) is 9.97 Å². The quantitative estimate of drug-likeness (QED) is 0.767. The van der Waals surface area contributed by atoms with E-state index in [1.54, 1.807) is 0 Å². The molecule has 6 heteroatoms. The van der Waals surface area contributed by atoms with Gasteiger partial charge in [0.05, 0.1) is 5.69 Å². The molecule has 0 spiro atoms. The van der Waals surface area contributed by atoms with Crippen LogP contribution in [-0.4, -0.2) is 44.3 Å². The van der Waals surface area contributed by atoms with Crippen LogP contribution in [0.4, 0.5) is 5.82 Å². The predicted octanol–water partition coefficient (Wildman–Crippen LogP) is 2.91. The first-order valence-electron chi connectivity index (χ1n) is 9.26. The van der Waals surface area contributed by atoms with Crippen molar-refractivity contribution in [1.29, 1.82) is 0 Å². The Kier molecular flexibility index (Phi) is 4.59. The zero-order valence-electron chi connectivity index (χ0n) is 15.7. The standard InChI is InChI=1S/C20H26N6/c1-14-5-4-6-19(23-14)21-10-16-7-8-26(12-16)13-17-9-18-15(2)24-25(3)20(18)22-11-17/h4-6,9,11,16H,7-8,10,12-13H2,1-3H3,(H,21,23). The summed E-state index contributed by atoms with van der Waals surface area (Å²) in [6.07, 6.45) is 3.21. The highest BCUT2D eigenvalue weighted by Crippen LogP contribution is 2.22. The highest BCUT2D eigenvalue weighted by Gasteiger charge is 2.22. The van der Waals surface area contributed by atoms with E-state index in [2.05, 4.69) is 37.4 Å². The topological polar surface area (TPSA) is 58.9 Å². The van der Waals surface area contributed by atoms with Crippen molar-refractivity contribution in [2.75, 3.05) is 25.0 Å². The van der Waals surface area contributed by atoms with E-state index in [0.29, 0.717) is 5.92 Å². The van der Waals surface area contributed by atoms with Crippen molar-refractivity contribution in [3.05, 3.63) is 47.4 Å². The largest absolute Gasteiger partial charge is 0.370 e. The van der Waals surface area contributed by atoms with Crippen molar-refractivity contribution in [1.82, 2.24) is 24.6 Å². The SMILES string of the molecule is Cc1cccc(NCC2CCN(Cc3cnc4c(c3)c(C)nn4C)C2)n1. The Morgan fingerprint density at radius 2 is 2.15 bits per heavy atom. The fraction of sp³-hybridized carbons (Fsp3) is 0.450. The van der Waals surface area contributed by atoms with Crippen LogP contribution in [0.2, 0.25) is 0 Å². The Morgan fingerprint density at radius 3 is 3.00 bits per heavy atom. The van der Waals surface area contributed by atoms with Gasteiger partial charge in [0, 0.05) is 44.0 Å². The van der Waals surface area contributed by atoms with Gasteiger partial charge in [-0.3, -0.25) is 9.58 Å². The number of aromatic nitrogens is 4. The third-order valence-electron chi connectivity index (χ3n) is 5.16. The molecule has 0 amide bonds. The van der Waals surface area contributed by atoms with Crippen LogP contribution in [0.3, 0.4) is 0 Å². The molecule has 26 heavy (non-hydrogen) atoms. The molecular weight excluding hydrogens is 324 g/mol. The van der Waals surface area contributed by atoms with Crippen LogP contribution in [-0.2, 0) is 13.6 Å². The Morgan fingerprint density at radius 1 is 1.27 bits per heavy atom. The molecular formula is C20H26N6. The zero-order valence-corrected chi connectivity index (χ0v) is 15.7. The molecule has 1 atom stereocenters. The summed E-state index contributed by atoms with van der Waals surface area (Å²) < 4.78 is 1.85. The Balaban J connectivity index is 1.35. The minimum absolute atomic E-state index is 0.661. The van der Waals surface area contributed by atoms with Crippen LogP contribution in [0.15, 0.2) is 30.5 Å². The lowest BCUT2D eigenvalue weighted by molar-refractivity contribution is 0.318. The number of nitrogens with zero attached hydrogens (tertiary/aromatic N) is 5. The number of pyridine rings is 2. The van der Waals surface area contributed by atoms with Gasteiger partial charge in [0.1, 0.15) is 5.82 Å². The van der Waals surface area contributed by atoms with E-state index in [9.17, 15) is 0 Å². The van der Waals surface area contributed by atoms with E-state index in [1.165, 1.54) is 12.0 Å². The number of aryl methyl sites for hydroxylation is 3. The average Bonchev–Trinajstić information content (AvgIpc) is 3.18. The molecule has 6 nitrogen and oxygen atoms in total. The normalized spacial score (nSPS) is 17.9. The van der Waals surface area contributed by atoms with E-state index < -0.39 is 0 Å². The van der Waals surface area contributed by atoms with Crippen LogP contribution >= 0.6 is 0 Å². The minimum atomic E-state index is 0.661. The van der Waals surface area contributed by atoms with Crippen molar-refractivity contribution in [2.45, 2.75) is 26.8 Å². The first-order valence-corrected chi connectivity index (χ1v) is 9.26. The average molecular weight is 350 g/mol. The van der Waals surface area contributed by atoms with Crippen molar-refractivity contribution in [3.8, 4) is 0 Å². The van der Waals surface area contributed by atoms with E-state index in [1.807, 2.05) is 43.9 Å². The molecule has 136 valence electrons. The van der Waals surface area contributed by atoms with Gasteiger partial charge in [0.25, 0.3) is 0 Å². The van der Waals surface area contributed by atoms with Crippen molar-refractivity contribution < 1.29 is 0 Å².